The molecule has 0 saturated carbocycles. The summed E-state index contributed by atoms with van der Waals surface area (Å²) in [6.07, 6.45) is 1.56. The second kappa shape index (κ2) is 6.29. The second-order valence-electron chi connectivity index (χ2n) is 3.84. The highest BCUT2D eigenvalue weighted by atomic mass is 35.5. The molecule has 0 aliphatic heterocycles. The van der Waals surface area contributed by atoms with E-state index in [4.69, 9.17) is 21.4 Å². The molecule has 0 amide bonds. The van der Waals surface area contributed by atoms with Gasteiger partial charge in [-0.05, 0) is 24.3 Å². The van der Waals surface area contributed by atoms with Gasteiger partial charge in [0, 0.05) is 6.42 Å². The Morgan fingerprint density at radius 2 is 2.05 bits per heavy atom. The van der Waals surface area contributed by atoms with Gasteiger partial charge < -0.3 is 9.84 Å². The number of hydrogen-bond donors (Lipinski definition) is 1. The summed E-state index contributed by atoms with van der Waals surface area (Å²) in [7, 11) is 0. The molecule has 0 spiro atoms. The van der Waals surface area contributed by atoms with Gasteiger partial charge in [0.1, 0.15) is 17.4 Å². The van der Waals surface area contributed by atoms with Crippen molar-refractivity contribution in [3.8, 4) is 5.75 Å². The maximum atomic E-state index is 12.7. The number of rotatable bonds is 5. The molecule has 2 rings (SSSR count). The van der Waals surface area contributed by atoms with Crippen molar-refractivity contribution in [2.75, 3.05) is 6.61 Å². The third-order valence-corrected chi connectivity index (χ3v) is 2.68. The standard InChI is InChI=1S/C13H10ClFN2O3/c14-10-7-16-11(17-12(10)13(18)19)5-6-20-9-3-1-8(15)2-4-9/h1-4,7H,5-6H2,(H,18,19). The Bertz CT molecular complexity index is 620. The van der Waals surface area contributed by atoms with E-state index in [1.165, 1.54) is 30.5 Å². The Balaban J connectivity index is 1.96. The number of aromatic carboxylic acids is 1. The fourth-order valence-corrected chi connectivity index (χ4v) is 1.64. The van der Waals surface area contributed by atoms with Gasteiger partial charge in [0.25, 0.3) is 0 Å². The molecule has 0 unspecified atom stereocenters. The number of aromatic nitrogens is 2. The third-order valence-electron chi connectivity index (χ3n) is 2.40. The third kappa shape index (κ3) is 3.64. The SMILES string of the molecule is O=C(O)c1nc(CCOc2ccc(F)cc2)ncc1Cl. The Labute approximate surface area is 119 Å². The van der Waals surface area contributed by atoms with E-state index in [1.54, 1.807) is 0 Å². The van der Waals surface area contributed by atoms with Crippen LogP contribution < -0.4 is 4.74 Å². The predicted octanol–water partition coefficient (Wildman–Crippen LogP) is 2.59. The molecule has 1 aromatic carbocycles. The molecule has 0 bridgehead atoms. The highest BCUT2D eigenvalue weighted by Gasteiger charge is 2.12. The summed E-state index contributed by atoms with van der Waals surface area (Å²) in [5, 5.41) is 8.86. The first-order chi connectivity index (χ1) is 9.56. The van der Waals surface area contributed by atoms with E-state index >= 15 is 0 Å². The largest absolute Gasteiger partial charge is 0.493 e. The summed E-state index contributed by atoms with van der Waals surface area (Å²) in [6.45, 7) is 0.242. The summed E-state index contributed by atoms with van der Waals surface area (Å²) in [6, 6.07) is 5.58. The van der Waals surface area contributed by atoms with Crippen molar-refractivity contribution >= 4 is 17.6 Å². The molecule has 2 aromatic rings. The van der Waals surface area contributed by atoms with Gasteiger partial charge in [-0.1, -0.05) is 11.6 Å². The van der Waals surface area contributed by atoms with Gasteiger partial charge in [-0.15, -0.1) is 0 Å². The first-order valence-electron chi connectivity index (χ1n) is 5.69. The second-order valence-corrected chi connectivity index (χ2v) is 4.25. The van der Waals surface area contributed by atoms with E-state index in [0.717, 1.165) is 0 Å². The van der Waals surface area contributed by atoms with Crippen molar-refractivity contribution in [3.63, 3.8) is 0 Å². The molecule has 1 N–H and O–H groups in total. The average Bonchev–Trinajstić information content (AvgIpc) is 2.42. The lowest BCUT2D eigenvalue weighted by atomic mass is 10.3. The zero-order valence-corrected chi connectivity index (χ0v) is 11.0. The number of benzene rings is 1. The minimum absolute atomic E-state index is 0.0132. The molecular formula is C13H10ClFN2O3. The van der Waals surface area contributed by atoms with Gasteiger partial charge in [-0.2, -0.15) is 0 Å². The number of hydrogen-bond acceptors (Lipinski definition) is 4. The monoisotopic (exact) mass is 296 g/mol. The van der Waals surface area contributed by atoms with Crippen molar-refractivity contribution < 1.29 is 19.0 Å². The van der Waals surface area contributed by atoms with E-state index < -0.39 is 5.97 Å². The summed E-state index contributed by atoms with van der Waals surface area (Å²) in [5.74, 6) is -0.727. The molecule has 0 fully saturated rings. The molecule has 0 atom stereocenters. The van der Waals surface area contributed by atoms with Crippen LogP contribution in [0.3, 0.4) is 0 Å². The normalized spacial score (nSPS) is 10.3. The van der Waals surface area contributed by atoms with E-state index in [-0.39, 0.29) is 23.1 Å². The Morgan fingerprint density at radius 3 is 2.70 bits per heavy atom. The molecule has 104 valence electrons. The van der Waals surface area contributed by atoms with Crippen LogP contribution >= 0.6 is 11.6 Å². The predicted molar refractivity (Wildman–Crippen MR) is 69.6 cm³/mol. The number of halogens is 2. The van der Waals surface area contributed by atoms with Gasteiger partial charge in [0.2, 0.25) is 0 Å². The summed E-state index contributed by atoms with van der Waals surface area (Å²) < 4.78 is 18.1. The lowest BCUT2D eigenvalue weighted by Gasteiger charge is -2.06. The molecule has 5 nitrogen and oxygen atoms in total. The molecule has 7 heteroatoms. The molecule has 0 aliphatic rings. The summed E-state index contributed by atoms with van der Waals surface area (Å²) >= 11 is 5.66. The fraction of sp³-hybridized carbons (Fsp3) is 0.154. The number of carboxylic acid groups (broad SMARTS) is 1. The summed E-state index contributed by atoms with van der Waals surface area (Å²) in [4.78, 5) is 18.6. The van der Waals surface area contributed by atoms with Crippen molar-refractivity contribution in [1.29, 1.82) is 0 Å². The number of carboxylic acids is 1. The zero-order chi connectivity index (χ0) is 14.5. The van der Waals surface area contributed by atoms with Crippen LogP contribution in [0.15, 0.2) is 30.5 Å². The molecule has 1 aromatic heterocycles. The van der Waals surface area contributed by atoms with Crippen LogP contribution in [0.2, 0.25) is 5.02 Å². The maximum Gasteiger partial charge on any atom is 0.356 e. The smallest absolute Gasteiger partial charge is 0.356 e. The van der Waals surface area contributed by atoms with E-state index in [0.29, 0.717) is 18.0 Å². The topological polar surface area (TPSA) is 72.3 Å². The highest BCUT2D eigenvalue weighted by Crippen LogP contribution is 2.13. The van der Waals surface area contributed by atoms with Crippen LogP contribution in [0.1, 0.15) is 16.3 Å². The Hall–Kier alpha value is -2.21. The molecule has 0 aliphatic carbocycles. The van der Waals surface area contributed by atoms with Gasteiger partial charge in [-0.25, -0.2) is 19.2 Å². The highest BCUT2D eigenvalue weighted by molar-refractivity contribution is 6.33. The van der Waals surface area contributed by atoms with Crippen LogP contribution in [0.4, 0.5) is 4.39 Å². The molecule has 0 saturated heterocycles. The molecular weight excluding hydrogens is 287 g/mol. The molecule has 0 radical (unpaired) electrons. The van der Waals surface area contributed by atoms with Gasteiger partial charge >= 0.3 is 5.97 Å². The van der Waals surface area contributed by atoms with Crippen LogP contribution in [0, 0.1) is 5.82 Å². The van der Waals surface area contributed by atoms with Crippen LogP contribution in [0.5, 0.6) is 5.75 Å². The van der Waals surface area contributed by atoms with Crippen LogP contribution in [-0.2, 0) is 6.42 Å². The number of nitrogens with zero attached hydrogens (tertiary/aromatic N) is 2. The average molecular weight is 297 g/mol. The Kier molecular flexibility index (Phi) is 4.47. The van der Waals surface area contributed by atoms with E-state index in [2.05, 4.69) is 9.97 Å². The fourth-order valence-electron chi connectivity index (χ4n) is 1.47. The van der Waals surface area contributed by atoms with Crippen molar-refractivity contribution in [3.05, 3.63) is 52.8 Å². The minimum Gasteiger partial charge on any atom is -0.493 e. The lowest BCUT2D eigenvalue weighted by Crippen LogP contribution is -2.09. The van der Waals surface area contributed by atoms with Gasteiger partial charge in [0.05, 0.1) is 17.8 Å². The number of carbonyl (C=O) groups is 1. The van der Waals surface area contributed by atoms with Crippen molar-refractivity contribution in [2.45, 2.75) is 6.42 Å². The quantitative estimate of drug-likeness (QED) is 0.918. The van der Waals surface area contributed by atoms with Gasteiger partial charge in [-0.3, -0.25) is 0 Å². The Morgan fingerprint density at radius 1 is 1.35 bits per heavy atom. The minimum atomic E-state index is -1.21. The van der Waals surface area contributed by atoms with Gasteiger partial charge in [0.15, 0.2) is 5.69 Å². The lowest BCUT2D eigenvalue weighted by molar-refractivity contribution is 0.0690. The number of ether oxygens (including phenoxy) is 1. The van der Waals surface area contributed by atoms with Crippen LogP contribution in [-0.4, -0.2) is 27.7 Å². The molecule has 20 heavy (non-hydrogen) atoms. The van der Waals surface area contributed by atoms with E-state index in [1.807, 2.05) is 0 Å². The first kappa shape index (κ1) is 14.2. The van der Waals surface area contributed by atoms with Crippen molar-refractivity contribution in [1.82, 2.24) is 9.97 Å². The molecule has 1 heterocycles. The van der Waals surface area contributed by atoms with Crippen molar-refractivity contribution in [2.24, 2.45) is 0 Å². The first-order valence-corrected chi connectivity index (χ1v) is 6.07. The summed E-state index contributed by atoms with van der Waals surface area (Å²) in [5.41, 5.74) is -0.238. The van der Waals surface area contributed by atoms with E-state index in [9.17, 15) is 9.18 Å². The maximum absolute atomic E-state index is 12.7. The van der Waals surface area contributed by atoms with Crippen LogP contribution in [0.25, 0.3) is 0 Å². The zero-order valence-electron chi connectivity index (χ0n) is 10.2.